The summed E-state index contributed by atoms with van der Waals surface area (Å²) in [5, 5.41) is 0. The summed E-state index contributed by atoms with van der Waals surface area (Å²) in [6, 6.07) is 3.61. The number of nitrogens with zero attached hydrogens (tertiary/aromatic N) is 2. The van der Waals surface area contributed by atoms with E-state index in [0.29, 0.717) is 11.4 Å². The Morgan fingerprint density at radius 1 is 1.29 bits per heavy atom. The van der Waals surface area contributed by atoms with Crippen LogP contribution in [0.25, 0.3) is 0 Å². The predicted molar refractivity (Wildman–Crippen MR) is 86.2 cm³/mol. The molecule has 0 saturated carbocycles. The lowest BCUT2D eigenvalue weighted by Gasteiger charge is -2.32. The molecular weight excluding hydrogens is 262 g/mol. The van der Waals surface area contributed by atoms with Gasteiger partial charge in [0.05, 0.1) is 0 Å². The van der Waals surface area contributed by atoms with Crippen LogP contribution in [0, 0.1) is 5.92 Å². The molecule has 1 aromatic heterocycles. The highest BCUT2D eigenvalue weighted by Gasteiger charge is 2.23. The number of nitrogens with two attached hydrogens (primary N) is 1. The zero-order valence-electron chi connectivity index (χ0n) is 13.3. The summed E-state index contributed by atoms with van der Waals surface area (Å²) in [5.74, 6) is 1.35. The highest BCUT2D eigenvalue weighted by atomic mass is 16.2. The molecule has 21 heavy (non-hydrogen) atoms. The van der Waals surface area contributed by atoms with E-state index in [-0.39, 0.29) is 5.91 Å². The molecule has 2 rings (SSSR count). The SMILES string of the molecule is CCCc1cc(C(=O)N2CCC(CCC)CC2)cc(N)n1. The van der Waals surface area contributed by atoms with Crippen LogP contribution in [0.5, 0.6) is 0 Å². The van der Waals surface area contributed by atoms with Crippen LogP contribution < -0.4 is 5.73 Å². The second-order valence-electron chi connectivity index (χ2n) is 6.05. The summed E-state index contributed by atoms with van der Waals surface area (Å²) in [4.78, 5) is 18.9. The van der Waals surface area contributed by atoms with E-state index in [1.165, 1.54) is 12.8 Å². The molecule has 1 aliphatic rings. The summed E-state index contributed by atoms with van der Waals surface area (Å²) >= 11 is 0. The zero-order valence-corrected chi connectivity index (χ0v) is 13.3. The Hall–Kier alpha value is -1.58. The molecule has 0 spiro atoms. The standard InChI is InChI=1S/C17H27N3O/c1-3-5-13-7-9-20(10-8-13)17(21)14-11-15(6-4-2)19-16(18)12-14/h11-13H,3-10H2,1-2H3,(H2,18,19). The average Bonchev–Trinajstić information content (AvgIpc) is 2.47. The number of nitrogen functional groups attached to an aromatic ring is 1. The number of hydrogen-bond donors (Lipinski definition) is 1. The molecule has 1 aromatic rings. The van der Waals surface area contributed by atoms with Crippen LogP contribution in [0.4, 0.5) is 5.82 Å². The zero-order chi connectivity index (χ0) is 15.2. The van der Waals surface area contributed by atoms with Gasteiger partial charge in [-0.15, -0.1) is 0 Å². The minimum absolute atomic E-state index is 0.108. The van der Waals surface area contributed by atoms with Gasteiger partial charge in [-0.2, -0.15) is 0 Å². The first-order chi connectivity index (χ1) is 10.1. The van der Waals surface area contributed by atoms with Crippen molar-refractivity contribution in [1.82, 2.24) is 9.88 Å². The van der Waals surface area contributed by atoms with Crippen molar-refractivity contribution in [2.24, 2.45) is 5.92 Å². The molecule has 1 saturated heterocycles. The van der Waals surface area contributed by atoms with Crippen LogP contribution in [0.1, 0.15) is 62.0 Å². The first-order valence-corrected chi connectivity index (χ1v) is 8.19. The van der Waals surface area contributed by atoms with E-state index in [0.717, 1.165) is 50.4 Å². The first-order valence-electron chi connectivity index (χ1n) is 8.19. The van der Waals surface area contributed by atoms with Gasteiger partial charge in [-0.1, -0.05) is 33.1 Å². The number of amides is 1. The third-order valence-electron chi connectivity index (χ3n) is 4.25. The van der Waals surface area contributed by atoms with Gasteiger partial charge in [0.25, 0.3) is 5.91 Å². The maximum atomic E-state index is 12.6. The number of piperidine rings is 1. The second-order valence-corrected chi connectivity index (χ2v) is 6.05. The van der Waals surface area contributed by atoms with Crippen molar-refractivity contribution in [3.8, 4) is 0 Å². The van der Waals surface area contributed by atoms with E-state index in [1.807, 2.05) is 11.0 Å². The Morgan fingerprint density at radius 3 is 2.62 bits per heavy atom. The Morgan fingerprint density at radius 2 is 2.00 bits per heavy atom. The molecule has 0 aromatic carbocycles. The third-order valence-corrected chi connectivity index (χ3v) is 4.25. The van der Waals surface area contributed by atoms with Crippen LogP contribution in [-0.2, 0) is 6.42 Å². The van der Waals surface area contributed by atoms with Gasteiger partial charge in [-0.25, -0.2) is 4.98 Å². The quantitative estimate of drug-likeness (QED) is 0.905. The molecule has 1 fully saturated rings. The van der Waals surface area contributed by atoms with Crippen molar-refractivity contribution in [1.29, 1.82) is 0 Å². The van der Waals surface area contributed by atoms with Gasteiger partial charge in [-0.05, 0) is 37.3 Å². The van der Waals surface area contributed by atoms with Gasteiger partial charge in [0.1, 0.15) is 5.82 Å². The van der Waals surface area contributed by atoms with Crippen molar-refractivity contribution in [3.63, 3.8) is 0 Å². The largest absolute Gasteiger partial charge is 0.384 e. The molecule has 0 bridgehead atoms. The van der Waals surface area contributed by atoms with E-state index >= 15 is 0 Å². The Bertz CT molecular complexity index is 479. The van der Waals surface area contributed by atoms with E-state index in [2.05, 4.69) is 18.8 Å². The van der Waals surface area contributed by atoms with E-state index in [9.17, 15) is 4.79 Å². The summed E-state index contributed by atoms with van der Waals surface area (Å²) in [7, 11) is 0. The van der Waals surface area contributed by atoms with Crippen molar-refractivity contribution in [2.75, 3.05) is 18.8 Å². The van der Waals surface area contributed by atoms with Gasteiger partial charge < -0.3 is 10.6 Å². The van der Waals surface area contributed by atoms with Crippen molar-refractivity contribution in [2.45, 2.75) is 52.4 Å². The highest BCUT2D eigenvalue weighted by Crippen LogP contribution is 2.23. The van der Waals surface area contributed by atoms with Crippen molar-refractivity contribution >= 4 is 11.7 Å². The monoisotopic (exact) mass is 289 g/mol. The number of aromatic nitrogens is 1. The predicted octanol–water partition coefficient (Wildman–Crippen LogP) is 3.27. The minimum Gasteiger partial charge on any atom is -0.384 e. The number of anilines is 1. The molecule has 116 valence electrons. The summed E-state index contributed by atoms with van der Waals surface area (Å²) in [6.07, 6.45) is 6.64. The van der Waals surface area contributed by atoms with Crippen LogP contribution in [0.2, 0.25) is 0 Å². The average molecular weight is 289 g/mol. The van der Waals surface area contributed by atoms with Gasteiger partial charge in [0.15, 0.2) is 0 Å². The number of carbonyl (C=O) groups excluding carboxylic acids is 1. The van der Waals surface area contributed by atoms with Gasteiger partial charge in [0, 0.05) is 24.3 Å². The lowest BCUT2D eigenvalue weighted by molar-refractivity contribution is 0.0686. The molecule has 0 unspecified atom stereocenters. The fourth-order valence-corrected chi connectivity index (χ4v) is 3.13. The Balaban J connectivity index is 2.03. The van der Waals surface area contributed by atoms with E-state index < -0.39 is 0 Å². The summed E-state index contributed by atoms with van der Waals surface area (Å²) in [5.41, 5.74) is 7.45. The second kappa shape index (κ2) is 7.43. The molecule has 2 heterocycles. The molecule has 4 heteroatoms. The molecule has 0 radical (unpaired) electrons. The molecule has 1 amide bonds. The Labute approximate surface area is 127 Å². The number of likely N-dealkylation sites (tertiary alicyclic amines) is 1. The maximum absolute atomic E-state index is 12.6. The number of carbonyl (C=O) groups is 1. The number of rotatable bonds is 5. The normalized spacial score (nSPS) is 16.2. The number of aryl methyl sites for hydroxylation is 1. The number of hydrogen-bond acceptors (Lipinski definition) is 3. The Kier molecular flexibility index (Phi) is 5.59. The molecule has 4 nitrogen and oxygen atoms in total. The van der Waals surface area contributed by atoms with E-state index in [4.69, 9.17) is 5.73 Å². The number of pyridine rings is 1. The van der Waals surface area contributed by atoms with Gasteiger partial charge in [0.2, 0.25) is 0 Å². The molecule has 0 aliphatic carbocycles. The molecule has 0 atom stereocenters. The van der Waals surface area contributed by atoms with Crippen LogP contribution in [-0.4, -0.2) is 28.9 Å². The molecule has 2 N–H and O–H groups in total. The summed E-state index contributed by atoms with van der Waals surface area (Å²) in [6.45, 7) is 6.07. The first kappa shape index (κ1) is 15.8. The van der Waals surface area contributed by atoms with Crippen LogP contribution in [0.15, 0.2) is 12.1 Å². The van der Waals surface area contributed by atoms with Crippen molar-refractivity contribution < 1.29 is 4.79 Å². The van der Waals surface area contributed by atoms with Crippen LogP contribution in [0.3, 0.4) is 0 Å². The highest BCUT2D eigenvalue weighted by molar-refractivity contribution is 5.95. The van der Waals surface area contributed by atoms with Gasteiger partial charge in [-0.3, -0.25) is 4.79 Å². The van der Waals surface area contributed by atoms with Crippen molar-refractivity contribution in [3.05, 3.63) is 23.4 Å². The maximum Gasteiger partial charge on any atom is 0.254 e. The molecular formula is C17H27N3O. The minimum atomic E-state index is 0.108. The topological polar surface area (TPSA) is 59.2 Å². The van der Waals surface area contributed by atoms with Crippen LogP contribution >= 0.6 is 0 Å². The fraction of sp³-hybridized carbons (Fsp3) is 0.647. The fourth-order valence-electron chi connectivity index (χ4n) is 3.13. The third kappa shape index (κ3) is 4.19. The summed E-state index contributed by atoms with van der Waals surface area (Å²) < 4.78 is 0. The lowest BCUT2D eigenvalue weighted by atomic mass is 9.92. The van der Waals surface area contributed by atoms with Gasteiger partial charge >= 0.3 is 0 Å². The van der Waals surface area contributed by atoms with E-state index in [1.54, 1.807) is 6.07 Å². The lowest BCUT2D eigenvalue weighted by Crippen LogP contribution is -2.38. The smallest absolute Gasteiger partial charge is 0.254 e. The molecule has 1 aliphatic heterocycles.